The number of nitrogens with one attached hydrogen (secondary N) is 1. The number of hydrogen-bond acceptors (Lipinski definition) is 2. The van der Waals surface area contributed by atoms with Crippen LogP contribution >= 0.6 is 0 Å². The van der Waals surface area contributed by atoms with Crippen LogP contribution in [-0.4, -0.2) is 18.2 Å². The van der Waals surface area contributed by atoms with E-state index in [4.69, 9.17) is 4.74 Å². The molecule has 17 heavy (non-hydrogen) atoms. The molecule has 0 radical (unpaired) electrons. The summed E-state index contributed by atoms with van der Waals surface area (Å²) in [6.07, 6.45) is 2.50. The van der Waals surface area contributed by atoms with Gasteiger partial charge in [0, 0.05) is 24.2 Å². The van der Waals surface area contributed by atoms with Crippen molar-refractivity contribution in [2.75, 3.05) is 13.7 Å². The molecule has 0 spiro atoms. The lowest BCUT2D eigenvalue weighted by Crippen LogP contribution is -2.15. The molecule has 0 saturated carbocycles. The second-order valence-electron chi connectivity index (χ2n) is 4.68. The molecule has 2 heterocycles. The van der Waals surface area contributed by atoms with E-state index in [1.54, 1.807) is 7.11 Å². The Morgan fingerprint density at radius 3 is 3.00 bits per heavy atom. The molecule has 0 amide bonds. The third-order valence-electron chi connectivity index (χ3n) is 3.69. The van der Waals surface area contributed by atoms with Gasteiger partial charge < -0.3 is 14.6 Å². The van der Waals surface area contributed by atoms with Crippen molar-refractivity contribution in [3.05, 3.63) is 30.0 Å². The maximum Gasteiger partial charge on any atom is 0.143 e. The molecule has 0 aliphatic carbocycles. The monoisotopic (exact) mass is 230 g/mol. The maximum atomic E-state index is 5.44. The predicted molar refractivity (Wildman–Crippen MR) is 69.4 cm³/mol. The first-order valence-electron chi connectivity index (χ1n) is 6.17. The average Bonchev–Trinajstić information content (AvgIpc) is 2.97. The number of para-hydroxylation sites is 1. The molecule has 1 aromatic carbocycles. The number of nitrogens with zero attached hydrogens (tertiary/aromatic N) is 1. The van der Waals surface area contributed by atoms with Crippen molar-refractivity contribution < 1.29 is 4.74 Å². The number of ether oxygens (including phenoxy) is 1. The molecular weight excluding hydrogens is 212 g/mol. The standard InChI is InChI=1S/C14H18N2O/c1-16-12(11-6-4-8-15-11)9-10-5-3-7-13(17-2)14(10)16/h3,5,7,9,11,15H,4,6,8H2,1-2H3. The van der Waals surface area contributed by atoms with Gasteiger partial charge in [-0.05, 0) is 31.5 Å². The minimum absolute atomic E-state index is 0.497. The lowest BCUT2D eigenvalue weighted by molar-refractivity contribution is 0.417. The van der Waals surface area contributed by atoms with Gasteiger partial charge in [0.15, 0.2) is 0 Å². The Bertz CT molecular complexity index is 538. The Morgan fingerprint density at radius 2 is 2.29 bits per heavy atom. The van der Waals surface area contributed by atoms with E-state index in [-0.39, 0.29) is 0 Å². The Morgan fingerprint density at radius 1 is 1.41 bits per heavy atom. The number of methoxy groups -OCH3 is 1. The summed E-state index contributed by atoms with van der Waals surface area (Å²) in [4.78, 5) is 0. The first kappa shape index (κ1) is 10.7. The molecule has 3 nitrogen and oxygen atoms in total. The third kappa shape index (κ3) is 1.62. The van der Waals surface area contributed by atoms with Gasteiger partial charge in [0.1, 0.15) is 5.75 Å². The average molecular weight is 230 g/mol. The van der Waals surface area contributed by atoms with Gasteiger partial charge in [0.25, 0.3) is 0 Å². The van der Waals surface area contributed by atoms with Crippen LogP contribution in [0, 0.1) is 0 Å². The van der Waals surface area contributed by atoms with Gasteiger partial charge >= 0.3 is 0 Å². The van der Waals surface area contributed by atoms with Gasteiger partial charge in [-0.1, -0.05) is 12.1 Å². The lowest BCUT2D eigenvalue weighted by atomic mass is 10.1. The van der Waals surface area contributed by atoms with Crippen LogP contribution < -0.4 is 10.1 Å². The van der Waals surface area contributed by atoms with Crippen LogP contribution in [0.1, 0.15) is 24.6 Å². The van der Waals surface area contributed by atoms with Gasteiger partial charge in [-0.15, -0.1) is 0 Å². The summed E-state index contributed by atoms with van der Waals surface area (Å²) < 4.78 is 7.70. The molecule has 3 heteroatoms. The molecule has 1 aromatic heterocycles. The number of rotatable bonds is 2. The van der Waals surface area contributed by atoms with Gasteiger partial charge in [-0.25, -0.2) is 0 Å². The van der Waals surface area contributed by atoms with Crippen LogP contribution in [0.4, 0.5) is 0 Å². The number of benzene rings is 1. The molecule has 1 unspecified atom stereocenters. The van der Waals surface area contributed by atoms with Crippen molar-refractivity contribution in [1.29, 1.82) is 0 Å². The van der Waals surface area contributed by atoms with Crippen molar-refractivity contribution in [2.45, 2.75) is 18.9 Å². The first-order valence-corrected chi connectivity index (χ1v) is 6.17. The van der Waals surface area contributed by atoms with E-state index in [9.17, 15) is 0 Å². The molecule has 1 aliphatic rings. The van der Waals surface area contributed by atoms with Crippen LogP contribution in [-0.2, 0) is 7.05 Å². The van der Waals surface area contributed by atoms with E-state index in [1.165, 1.54) is 29.4 Å². The zero-order valence-electron chi connectivity index (χ0n) is 10.4. The normalized spacial score (nSPS) is 20.0. The SMILES string of the molecule is COc1cccc2cc(C3CCCN3)n(C)c12. The zero-order chi connectivity index (χ0) is 11.8. The highest BCUT2D eigenvalue weighted by molar-refractivity contribution is 5.87. The van der Waals surface area contributed by atoms with E-state index in [0.29, 0.717) is 6.04 Å². The quantitative estimate of drug-likeness (QED) is 0.858. The second-order valence-corrected chi connectivity index (χ2v) is 4.68. The Balaban J connectivity index is 2.17. The van der Waals surface area contributed by atoms with Crippen LogP contribution in [0.25, 0.3) is 10.9 Å². The van der Waals surface area contributed by atoms with Crippen LogP contribution in [0.3, 0.4) is 0 Å². The van der Waals surface area contributed by atoms with Crippen molar-refractivity contribution in [3.63, 3.8) is 0 Å². The highest BCUT2D eigenvalue weighted by atomic mass is 16.5. The highest BCUT2D eigenvalue weighted by Gasteiger charge is 2.21. The summed E-state index contributed by atoms with van der Waals surface area (Å²) in [5.74, 6) is 0.953. The molecule has 1 fully saturated rings. The molecular formula is C14H18N2O. The van der Waals surface area contributed by atoms with E-state index >= 15 is 0 Å². The molecule has 3 rings (SSSR count). The summed E-state index contributed by atoms with van der Waals surface area (Å²) in [7, 11) is 3.86. The number of fused-ring (bicyclic) bond motifs is 1. The van der Waals surface area contributed by atoms with Gasteiger partial charge in [0.05, 0.1) is 12.6 Å². The van der Waals surface area contributed by atoms with Gasteiger partial charge in [-0.3, -0.25) is 0 Å². The predicted octanol–water partition coefficient (Wildman–Crippen LogP) is 2.61. The minimum Gasteiger partial charge on any atom is -0.495 e. The summed E-state index contributed by atoms with van der Waals surface area (Å²) in [6, 6.07) is 9.00. The van der Waals surface area contributed by atoms with Gasteiger partial charge in [-0.2, -0.15) is 0 Å². The maximum absolute atomic E-state index is 5.44. The van der Waals surface area contributed by atoms with E-state index < -0.39 is 0 Å². The summed E-state index contributed by atoms with van der Waals surface area (Å²) >= 11 is 0. The molecule has 1 saturated heterocycles. The highest BCUT2D eigenvalue weighted by Crippen LogP contribution is 2.32. The summed E-state index contributed by atoms with van der Waals surface area (Å²) in [5.41, 5.74) is 2.56. The zero-order valence-corrected chi connectivity index (χ0v) is 10.4. The summed E-state index contributed by atoms with van der Waals surface area (Å²) in [6.45, 7) is 1.13. The smallest absolute Gasteiger partial charge is 0.143 e. The van der Waals surface area contributed by atoms with Crippen molar-refractivity contribution in [3.8, 4) is 5.75 Å². The lowest BCUT2D eigenvalue weighted by Gasteiger charge is -2.12. The van der Waals surface area contributed by atoms with Crippen LogP contribution in [0.2, 0.25) is 0 Å². The van der Waals surface area contributed by atoms with E-state index in [0.717, 1.165) is 12.3 Å². The van der Waals surface area contributed by atoms with Crippen molar-refractivity contribution in [1.82, 2.24) is 9.88 Å². The molecule has 0 bridgehead atoms. The molecule has 1 N–H and O–H groups in total. The van der Waals surface area contributed by atoms with E-state index in [2.05, 4.69) is 29.1 Å². The number of aryl methyl sites for hydroxylation is 1. The van der Waals surface area contributed by atoms with Crippen molar-refractivity contribution >= 4 is 10.9 Å². The van der Waals surface area contributed by atoms with Gasteiger partial charge in [0.2, 0.25) is 0 Å². The fraction of sp³-hybridized carbons (Fsp3) is 0.429. The molecule has 2 aromatic rings. The molecule has 1 atom stereocenters. The Hall–Kier alpha value is -1.48. The topological polar surface area (TPSA) is 26.2 Å². The Kier molecular flexibility index (Phi) is 2.56. The number of hydrogen-bond donors (Lipinski definition) is 1. The summed E-state index contributed by atoms with van der Waals surface area (Å²) in [5, 5.41) is 4.81. The Labute approximate surface area is 101 Å². The van der Waals surface area contributed by atoms with Crippen LogP contribution in [0.5, 0.6) is 5.75 Å². The third-order valence-corrected chi connectivity index (χ3v) is 3.69. The largest absolute Gasteiger partial charge is 0.495 e. The fourth-order valence-corrected chi connectivity index (χ4v) is 2.84. The fourth-order valence-electron chi connectivity index (χ4n) is 2.84. The second kappa shape index (κ2) is 4.08. The number of aromatic nitrogens is 1. The van der Waals surface area contributed by atoms with Crippen LogP contribution in [0.15, 0.2) is 24.3 Å². The molecule has 1 aliphatic heterocycles. The van der Waals surface area contributed by atoms with Crippen molar-refractivity contribution in [2.24, 2.45) is 7.05 Å². The molecule has 90 valence electrons. The first-order chi connectivity index (χ1) is 8.31. The van der Waals surface area contributed by atoms with E-state index in [1.807, 2.05) is 12.1 Å². The minimum atomic E-state index is 0.497.